The van der Waals surface area contributed by atoms with Crippen molar-refractivity contribution in [2.45, 2.75) is 0 Å². The van der Waals surface area contributed by atoms with E-state index in [0.29, 0.717) is 5.82 Å². The van der Waals surface area contributed by atoms with Gasteiger partial charge in [-0.2, -0.15) is 0 Å². The number of rotatable bonds is 5. The summed E-state index contributed by atoms with van der Waals surface area (Å²) in [6, 6.07) is 69.5. The van der Waals surface area contributed by atoms with E-state index in [2.05, 4.69) is 195 Å². The Hall–Kier alpha value is -7.42. The van der Waals surface area contributed by atoms with Crippen LogP contribution in [0, 0.1) is 0 Å². The van der Waals surface area contributed by atoms with Crippen LogP contribution < -0.4 is 0 Å². The SMILES string of the molecule is C=C1c2ccc(-c3ccccc3)cc2-c2c1nc(-c1ccc(-c3ccccc3)cc1)nc2-c1cccc(-c2ccc3c4ccccc4c4ccccc4c3c2)c1. The van der Waals surface area contributed by atoms with Gasteiger partial charge in [0.25, 0.3) is 0 Å². The highest BCUT2D eigenvalue weighted by Crippen LogP contribution is 2.49. The van der Waals surface area contributed by atoms with Crippen LogP contribution in [0.3, 0.4) is 0 Å². The third-order valence-electron chi connectivity index (χ3n) is 11.4. The van der Waals surface area contributed by atoms with E-state index >= 15 is 0 Å². The molecule has 0 saturated heterocycles. The van der Waals surface area contributed by atoms with Gasteiger partial charge in [-0.3, -0.25) is 0 Å². The number of benzene rings is 9. The average Bonchev–Trinajstić information content (AvgIpc) is 3.57. The van der Waals surface area contributed by atoms with Crippen molar-refractivity contribution in [1.82, 2.24) is 9.97 Å². The molecule has 1 aliphatic carbocycles. The summed E-state index contributed by atoms with van der Waals surface area (Å²) < 4.78 is 0. The van der Waals surface area contributed by atoms with Crippen LogP contribution in [0.25, 0.3) is 105 Å². The Morgan fingerprint density at radius 2 is 0.732 bits per heavy atom. The van der Waals surface area contributed by atoms with E-state index in [-0.39, 0.29) is 0 Å². The minimum atomic E-state index is 0.685. The zero-order valence-corrected chi connectivity index (χ0v) is 30.6. The molecule has 0 spiro atoms. The molecule has 0 bridgehead atoms. The van der Waals surface area contributed by atoms with E-state index in [9.17, 15) is 0 Å². The molecule has 0 aliphatic heterocycles. The smallest absolute Gasteiger partial charge is 0.160 e. The van der Waals surface area contributed by atoms with Gasteiger partial charge in [-0.05, 0) is 95.0 Å². The van der Waals surface area contributed by atoms with Crippen molar-refractivity contribution < 1.29 is 0 Å². The van der Waals surface area contributed by atoms with Gasteiger partial charge < -0.3 is 0 Å². The number of nitrogens with zero attached hydrogens (tertiary/aromatic N) is 2. The molecule has 0 saturated carbocycles. The van der Waals surface area contributed by atoms with E-state index in [1.807, 2.05) is 6.07 Å². The lowest BCUT2D eigenvalue weighted by Gasteiger charge is -2.14. The summed E-state index contributed by atoms with van der Waals surface area (Å²) in [7, 11) is 0. The van der Waals surface area contributed by atoms with Gasteiger partial charge in [0.2, 0.25) is 0 Å². The molecule has 0 N–H and O–H groups in total. The molecule has 11 rings (SSSR count). The van der Waals surface area contributed by atoms with Crippen LogP contribution in [0.15, 0.2) is 201 Å². The molecule has 56 heavy (non-hydrogen) atoms. The van der Waals surface area contributed by atoms with Crippen LogP contribution in [0.5, 0.6) is 0 Å². The second-order valence-corrected chi connectivity index (χ2v) is 14.6. The first-order valence-electron chi connectivity index (χ1n) is 19.1. The lowest BCUT2D eigenvalue weighted by Crippen LogP contribution is -1.99. The molecule has 2 nitrogen and oxygen atoms in total. The quantitative estimate of drug-likeness (QED) is 0.166. The van der Waals surface area contributed by atoms with Crippen molar-refractivity contribution in [3.8, 4) is 67.2 Å². The van der Waals surface area contributed by atoms with Crippen molar-refractivity contribution in [3.05, 3.63) is 212 Å². The van der Waals surface area contributed by atoms with Crippen LogP contribution in [0.2, 0.25) is 0 Å². The summed E-state index contributed by atoms with van der Waals surface area (Å²) >= 11 is 0. The Bertz CT molecular complexity index is 3140. The topological polar surface area (TPSA) is 25.8 Å². The second-order valence-electron chi connectivity index (χ2n) is 14.6. The van der Waals surface area contributed by atoms with Crippen molar-refractivity contribution >= 4 is 37.9 Å². The van der Waals surface area contributed by atoms with Crippen LogP contribution in [-0.2, 0) is 0 Å². The number of hydrogen-bond donors (Lipinski definition) is 0. The fourth-order valence-electron chi connectivity index (χ4n) is 8.60. The zero-order chi connectivity index (χ0) is 37.2. The van der Waals surface area contributed by atoms with E-state index in [4.69, 9.17) is 9.97 Å². The Balaban J connectivity index is 1.10. The summed E-state index contributed by atoms with van der Waals surface area (Å²) in [4.78, 5) is 10.7. The van der Waals surface area contributed by atoms with E-state index in [1.54, 1.807) is 0 Å². The molecule has 10 aromatic rings. The zero-order valence-electron chi connectivity index (χ0n) is 30.6. The van der Waals surface area contributed by atoms with Gasteiger partial charge in [-0.25, -0.2) is 9.97 Å². The van der Waals surface area contributed by atoms with Crippen LogP contribution >= 0.6 is 0 Å². The monoisotopic (exact) mass is 710 g/mol. The highest BCUT2D eigenvalue weighted by molar-refractivity contribution is 6.25. The molecule has 1 heterocycles. The summed E-state index contributed by atoms with van der Waals surface area (Å²) in [5.74, 6) is 0.685. The highest BCUT2D eigenvalue weighted by Gasteiger charge is 2.30. The molecular weight excluding hydrogens is 677 g/mol. The first-order valence-corrected chi connectivity index (χ1v) is 19.1. The summed E-state index contributed by atoms with van der Waals surface area (Å²) in [6.07, 6.45) is 0. The first-order chi connectivity index (χ1) is 27.7. The first kappa shape index (κ1) is 32.0. The lowest BCUT2D eigenvalue weighted by atomic mass is 9.91. The van der Waals surface area contributed by atoms with E-state index in [1.165, 1.54) is 49.0 Å². The molecule has 2 heteroatoms. The average molecular weight is 711 g/mol. The molecule has 9 aromatic carbocycles. The summed E-state index contributed by atoms with van der Waals surface area (Å²) in [6.45, 7) is 4.61. The maximum absolute atomic E-state index is 5.43. The third kappa shape index (κ3) is 5.19. The Kier molecular flexibility index (Phi) is 7.36. The molecule has 1 aromatic heterocycles. The molecule has 0 atom stereocenters. The van der Waals surface area contributed by atoms with Crippen molar-refractivity contribution in [2.75, 3.05) is 0 Å². The predicted molar refractivity (Wildman–Crippen MR) is 235 cm³/mol. The molecule has 0 fully saturated rings. The normalized spacial score (nSPS) is 12.0. The van der Waals surface area contributed by atoms with Gasteiger partial charge in [0.05, 0.1) is 11.4 Å². The van der Waals surface area contributed by atoms with Gasteiger partial charge in [0.15, 0.2) is 5.82 Å². The van der Waals surface area contributed by atoms with Gasteiger partial charge in [-0.15, -0.1) is 0 Å². The Morgan fingerprint density at radius 3 is 1.41 bits per heavy atom. The van der Waals surface area contributed by atoms with Gasteiger partial charge in [0.1, 0.15) is 0 Å². The highest BCUT2D eigenvalue weighted by atomic mass is 14.9. The van der Waals surface area contributed by atoms with Crippen LogP contribution in [-0.4, -0.2) is 9.97 Å². The Morgan fingerprint density at radius 1 is 0.286 bits per heavy atom. The fourth-order valence-corrected chi connectivity index (χ4v) is 8.60. The maximum Gasteiger partial charge on any atom is 0.160 e. The number of fused-ring (bicyclic) bond motifs is 9. The number of aromatic nitrogens is 2. The minimum absolute atomic E-state index is 0.685. The van der Waals surface area contributed by atoms with Gasteiger partial charge in [0, 0.05) is 22.3 Å². The minimum Gasteiger partial charge on any atom is -0.227 e. The second kappa shape index (κ2) is 12.9. The van der Waals surface area contributed by atoms with Crippen molar-refractivity contribution in [1.29, 1.82) is 0 Å². The predicted octanol–water partition coefficient (Wildman–Crippen LogP) is 14.3. The third-order valence-corrected chi connectivity index (χ3v) is 11.4. The maximum atomic E-state index is 5.43. The molecular formula is C54H34N2. The molecule has 260 valence electrons. The molecule has 0 unspecified atom stereocenters. The molecule has 1 aliphatic rings. The largest absolute Gasteiger partial charge is 0.227 e. The standard InChI is InChI=1S/C54H34N2/c1-34-43-29-27-40(36-15-6-3-7-16-36)33-50(43)51-52(34)55-54(38-25-23-37(24-26-38)35-13-4-2-5-14-35)56-53(51)42-18-12-17-39(31-42)41-28-30-48-46-21-9-8-19-44(46)45-20-10-11-22-47(45)49(48)32-41/h2-33H,1H2. The van der Waals surface area contributed by atoms with Crippen molar-refractivity contribution in [3.63, 3.8) is 0 Å². The molecule has 0 amide bonds. The molecule has 0 radical (unpaired) electrons. The Labute approximate surface area is 325 Å². The van der Waals surface area contributed by atoms with E-state index in [0.717, 1.165) is 61.5 Å². The van der Waals surface area contributed by atoms with Gasteiger partial charge >= 0.3 is 0 Å². The van der Waals surface area contributed by atoms with Crippen LogP contribution in [0.4, 0.5) is 0 Å². The van der Waals surface area contributed by atoms with Gasteiger partial charge in [-0.1, -0.05) is 183 Å². The summed E-state index contributed by atoms with van der Waals surface area (Å²) in [5, 5.41) is 7.61. The number of hydrogen-bond acceptors (Lipinski definition) is 2. The van der Waals surface area contributed by atoms with Crippen LogP contribution in [0.1, 0.15) is 11.3 Å². The lowest BCUT2D eigenvalue weighted by molar-refractivity contribution is 1.17. The summed E-state index contributed by atoms with van der Waals surface area (Å²) in [5.41, 5.74) is 14.9. The van der Waals surface area contributed by atoms with Crippen molar-refractivity contribution in [2.24, 2.45) is 0 Å². The fraction of sp³-hybridized carbons (Fsp3) is 0. The van der Waals surface area contributed by atoms with E-state index < -0.39 is 0 Å².